The van der Waals surface area contributed by atoms with E-state index in [2.05, 4.69) is 11.4 Å². The highest BCUT2D eigenvalue weighted by Crippen LogP contribution is 2.25. The van der Waals surface area contributed by atoms with E-state index in [0.29, 0.717) is 23.4 Å². The number of carbonyl (C=O) groups excluding carboxylic acids is 1. The van der Waals surface area contributed by atoms with E-state index in [0.717, 1.165) is 41.6 Å². The third-order valence-electron chi connectivity index (χ3n) is 5.29. The lowest BCUT2D eigenvalue weighted by Crippen LogP contribution is -2.34. The van der Waals surface area contributed by atoms with Crippen molar-refractivity contribution in [1.82, 2.24) is 5.32 Å². The maximum absolute atomic E-state index is 13.0. The fourth-order valence-electron chi connectivity index (χ4n) is 3.68. The number of nitrogens with one attached hydrogen (secondary N) is 1. The Kier molecular flexibility index (Phi) is 5.86. The molecule has 30 heavy (non-hydrogen) atoms. The molecule has 2 aromatic carbocycles. The number of para-hydroxylation sites is 1. The summed E-state index contributed by atoms with van der Waals surface area (Å²) in [6.45, 7) is 5.24. The Balaban J connectivity index is 1.81. The van der Waals surface area contributed by atoms with Crippen LogP contribution in [0.3, 0.4) is 0 Å². The Bertz CT molecular complexity index is 1140. The minimum atomic E-state index is -0.234. The third kappa shape index (κ3) is 4.24. The van der Waals surface area contributed by atoms with Crippen molar-refractivity contribution in [3.8, 4) is 5.75 Å². The summed E-state index contributed by atoms with van der Waals surface area (Å²) < 4.78 is 17.2. The highest BCUT2D eigenvalue weighted by atomic mass is 16.5. The van der Waals surface area contributed by atoms with Crippen molar-refractivity contribution < 1.29 is 18.7 Å². The topological polar surface area (TPSA) is 73.1 Å². The van der Waals surface area contributed by atoms with Crippen molar-refractivity contribution >= 4 is 22.6 Å². The molecular formula is C24H26N2O4. The monoisotopic (exact) mass is 406 g/mol. The number of fused-ring (bicyclic) bond motifs is 1. The zero-order valence-electron chi connectivity index (χ0n) is 17.5. The molecule has 0 bridgehead atoms. The second kappa shape index (κ2) is 8.71. The number of hydrogen-bond donors (Lipinski definition) is 1. The number of methoxy groups -OCH3 is 1. The van der Waals surface area contributed by atoms with Crippen molar-refractivity contribution in [2.45, 2.75) is 32.8 Å². The van der Waals surface area contributed by atoms with Gasteiger partial charge in [-0.2, -0.15) is 0 Å². The van der Waals surface area contributed by atoms with Gasteiger partial charge >= 0.3 is 0 Å². The summed E-state index contributed by atoms with van der Waals surface area (Å²) in [7, 11) is 1.59. The largest absolute Gasteiger partial charge is 0.493 e. The van der Waals surface area contributed by atoms with Crippen molar-refractivity contribution in [3.05, 3.63) is 64.7 Å². The van der Waals surface area contributed by atoms with Gasteiger partial charge in [0.25, 0.3) is 5.91 Å². The fourth-order valence-corrected chi connectivity index (χ4v) is 3.68. The SMILES string of the molecule is COc1cccc2cc(C(=O)NCC3CCCO3)c(=Nc3ccc(C)cc3C)oc12. The summed E-state index contributed by atoms with van der Waals surface area (Å²) in [5.74, 6) is 0.360. The fraction of sp³-hybridized carbons (Fsp3) is 0.333. The van der Waals surface area contributed by atoms with E-state index in [1.54, 1.807) is 13.2 Å². The molecule has 156 valence electrons. The number of rotatable bonds is 5. The van der Waals surface area contributed by atoms with Crippen LogP contribution >= 0.6 is 0 Å². The van der Waals surface area contributed by atoms with Gasteiger partial charge in [-0.25, -0.2) is 4.99 Å². The molecule has 0 aliphatic carbocycles. The number of amides is 1. The molecule has 4 rings (SSSR count). The lowest BCUT2D eigenvalue weighted by atomic mass is 10.1. The van der Waals surface area contributed by atoms with Crippen LogP contribution in [0.5, 0.6) is 5.75 Å². The molecule has 0 radical (unpaired) electrons. The summed E-state index contributed by atoms with van der Waals surface area (Å²) >= 11 is 0. The van der Waals surface area contributed by atoms with Gasteiger partial charge in [-0.05, 0) is 50.5 Å². The van der Waals surface area contributed by atoms with Crippen LogP contribution in [0.15, 0.2) is 51.9 Å². The van der Waals surface area contributed by atoms with Crippen molar-refractivity contribution in [2.75, 3.05) is 20.3 Å². The zero-order valence-corrected chi connectivity index (χ0v) is 17.5. The zero-order chi connectivity index (χ0) is 21.1. The van der Waals surface area contributed by atoms with Gasteiger partial charge in [0.15, 0.2) is 11.3 Å². The van der Waals surface area contributed by atoms with Crippen LogP contribution in [0.4, 0.5) is 5.69 Å². The third-order valence-corrected chi connectivity index (χ3v) is 5.29. The smallest absolute Gasteiger partial charge is 0.256 e. The van der Waals surface area contributed by atoms with Gasteiger partial charge < -0.3 is 19.2 Å². The minimum Gasteiger partial charge on any atom is -0.493 e. The van der Waals surface area contributed by atoms with Crippen LogP contribution in [-0.2, 0) is 4.74 Å². The van der Waals surface area contributed by atoms with Gasteiger partial charge in [-0.1, -0.05) is 29.8 Å². The van der Waals surface area contributed by atoms with Crippen LogP contribution in [0.25, 0.3) is 11.0 Å². The first-order valence-electron chi connectivity index (χ1n) is 10.2. The van der Waals surface area contributed by atoms with Gasteiger partial charge in [0.2, 0.25) is 5.55 Å². The standard InChI is InChI=1S/C24H26N2O4/c1-15-9-10-20(16(2)12-15)26-24-19(23(27)25-14-18-7-5-11-29-18)13-17-6-4-8-21(28-3)22(17)30-24/h4,6,8-10,12-13,18H,5,7,11,14H2,1-3H3,(H,25,27). The Labute approximate surface area is 175 Å². The summed E-state index contributed by atoms with van der Waals surface area (Å²) in [6, 6.07) is 13.4. The Hall–Kier alpha value is -3.12. The number of ether oxygens (including phenoxy) is 2. The van der Waals surface area contributed by atoms with E-state index in [4.69, 9.17) is 18.9 Å². The van der Waals surface area contributed by atoms with E-state index in [1.165, 1.54) is 0 Å². The number of benzene rings is 2. The molecule has 1 N–H and O–H groups in total. The van der Waals surface area contributed by atoms with Gasteiger partial charge in [0.05, 0.1) is 18.9 Å². The van der Waals surface area contributed by atoms with Crippen LogP contribution in [0, 0.1) is 13.8 Å². The van der Waals surface area contributed by atoms with E-state index in [9.17, 15) is 4.79 Å². The first-order chi connectivity index (χ1) is 14.5. The average Bonchev–Trinajstić information content (AvgIpc) is 3.26. The normalized spacial score (nSPS) is 16.8. The Morgan fingerprint density at radius 2 is 2.10 bits per heavy atom. The lowest BCUT2D eigenvalue weighted by molar-refractivity contribution is 0.0854. The molecule has 3 aromatic rings. The highest BCUT2D eigenvalue weighted by molar-refractivity contribution is 5.97. The molecule has 1 amide bonds. The molecule has 2 heterocycles. The Morgan fingerprint density at radius 3 is 2.83 bits per heavy atom. The molecule has 0 saturated carbocycles. The molecule has 1 unspecified atom stereocenters. The Morgan fingerprint density at radius 1 is 1.23 bits per heavy atom. The molecule has 6 nitrogen and oxygen atoms in total. The van der Waals surface area contributed by atoms with Crippen LogP contribution < -0.4 is 15.6 Å². The van der Waals surface area contributed by atoms with Crippen LogP contribution in [0.2, 0.25) is 0 Å². The molecule has 1 atom stereocenters. The number of hydrogen-bond acceptors (Lipinski definition) is 5. The maximum Gasteiger partial charge on any atom is 0.256 e. The first-order valence-corrected chi connectivity index (χ1v) is 10.2. The van der Waals surface area contributed by atoms with E-state index in [-0.39, 0.29) is 17.6 Å². The van der Waals surface area contributed by atoms with E-state index in [1.807, 2.05) is 44.2 Å². The molecule has 1 aliphatic heterocycles. The molecule has 1 aromatic heterocycles. The molecular weight excluding hydrogens is 380 g/mol. The maximum atomic E-state index is 13.0. The molecule has 6 heteroatoms. The number of nitrogens with zero attached hydrogens (tertiary/aromatic N) is 1. The summed E-state index contributed by atoms with van der Waals surface area (Å²) in [6.07, 6.45) is 2.05. The summed E-state index contributed by atoms with van der Waals surface area (Å²) in [5, 5.41) is 3.74. The minimum absolute atomic E-state index is 0.0613. The number of carbonyl (C=O) groups is 1. The quantitative estimate of drug-likeness (QED) is 0.689. The molecule has 0 spiro atoms. The molecule has 1 fully saturated rings. The predicted octanol–water partition coefficient (Wildman–Crippen LogP) is 4.20. The average molecular weight is 406 g/mol. The van der Waals surface area contributed by atoms with Gasteiger partial charge in [0.1, 0.15) is 5.56 Å². The second-order valence-electron chi connectivity index (χ2n) is 7.59. The van der Waals surface area contributed by atoms with Gasteiger partial charge in [-0.15, -0.1) is 0 Å². The van der Waals surface area contributed by atoms with Crippen molar-refractivity contribution in [2.24, 2.45) is 4.99 Å². The van der Waals surface area contributed by atoms with Crippen LogP contribution in [-0.4, -0.2) is 32.3 Å². The van der Waals surface area contributed by atoms with Crippen molar-refractivity contribution in [3.63, 3.8) is 0 Å². The first kappa shape index (κ1) is 20.2. The lowest BCUT2D eigenvalue weighted by Gasteiger charge is -2.12. The highest BCUT2D eigenvalue weighted by Gasteiger charge is 2.19. The van der Waals surface area contributed by atoms with Gasteiger partial charge in [-0.3, -0.25) is 4.79 Å². The van der Waals surface area contributed by atoms with Gasteiger partial charge in [0, 0.05) is 18.5 Å². The predicted molar refractivity (Wildman–Crippen MR) is 115 cm³/mol. The van der Waals surface area contributed by atoms with Crippen LogP contribution in [0.1, 0.15) is 34.3 Å². The molecule has 1 aliphatic rings. The summed E-state index contributed by atoms with van der Waals surface area (Å²) in [4.78, 5) is 17.7. The van der Waals surface area contributed by atoms with E-state index >= 15 is 0 Å². The number of aryl methyl sites for hydroxylation is 2. The molecule has 1 saturated heterocycles. The second-order valence-corrected chi connectivity index (χ2v) is 7.59. The summed E-state index contributed by atoms with van der Waals surface area (Å²) in [5.41, 5.74) is 4.11. The van der Waals surface area contributed by atoms with Crippen molar-refractivity contribution in [1.29, 1.82) is 0 Å². The van der Waals surface area contributed by atoms with E-state index < -0.39 is 0 Å².